The summed E-state index contributed by atoms with van der Waals surface area (Å²) in [4.78, 5) is 0. The summed E-state index contributed by atoms with van der Waals surface area (Å²) in [5, 5.41) is 0. The highest BCUT2D eigenvalue weighted by Crippen LogP contribution is 2.11. The van der Waals surface area contributed by atoms with Crippen LogP contribution in [0.1, 0.15) is 52.9 Å². The molecule has 0 spiro atoms. The van der Waals surface area contributed by atoms with Crippen molar-refractivity contribution >= 4 is 11.6 Å². The maximum Gasteiger partial charge on any atom is 0.0598 e. The highest BCUT2D eigenvalue weighted by molar-refractivity contribution is 6.19. The van der Waals surface area contributed by atoms with Crippen LogP contribution in [0.4, 0.5) is 0 Å². The van der Waals surface area contributed by atoms with Crippen molar-refractivity contribution in [2.75, 3.05) is 12.5 Å². The first-order valence-corrected chi connectivity index (χ1v) is 6.36. The fourth-order valence-corrected chi connectivity index (χ4v) is 1.41. The molecular weight excluding hydrogens is 208 g/mol. The van der Waals surface area contributed by atoms with Gasteiger partial charge in [-0.3, -0.25) is 0 Å². The fourth-order valence-electron chi connectivity index (χ4n) is 1.28. The molecule has 15 heavy (non-hydrogen) atoms. The number of alkyl halides is 1. The van der Waals surface area contributed by atoms with E-state index in [1.807, 2.05) is 0 Å². The second kappa shape index (κ2) is 8.18. The van der Waals surface area contributed by atoms with Gasteiger partial charge in [-0.25, -0.2) is 0 Å². The number of unbranched alkanes of at least 4 members (excludes halogenated alkanes) is 3. The van der Waals surface area contributed by atoms with E-state index in [0.717, 1.165) is 25.0 Å². The minimum atomic E-state index is 0.00685. The zero-order valence-corrected chi connectivity index (χ0v) is 11.2. The highest BCUT2D eigenvalue weighted by atomic mass is 35.5. The molecule has 0 N–H and O–H groups in total. The van der Waals surface area contributed by atoms with E-state index in [4.69, 9.17) is 16.3 Å². The van der Waals surface area contributed by atoms with Crippen LogP contribution in [-0.2, 0) is 4.74 Å². The summed E-state index contributed by atoms with van der Waals surface area (Å²) in [5.41, 5.74) is 1.16. The SMILES string of the molecule is C=C(CCl)CCCCCCOC(C)(C)C. The lowest BCUT2D eigenvalue weighted by atomic mass is 10.1. The minimum absolute atomic E-state index is 0.00685. The van der Waals surface area contributed by atoms with Crippen molar-refractivity contribution in [2.45, 2.75) is 58.5 Å². The standard InChI is InChI=1S/C13H25ClO/c1-12(11-14)9-7-5-6-8-10-15-13(2,3)4/h1,5-11H2,2-4H3. The van der Waals surface area contributed by atoms with Crippen LogP contribution in [0.15, 0.2) is 12.2 Å². The van der Waals surface area contributed by atoms with Gasteiger partial charge < -0.3 is 4.74 Å². The second-order valence-electron chi connectivity index (χ2n) is 5.01. The average molecular weight is 233 g/mol. The molecule has 1 nitrogen and oxygen atoms in total. The predicted octanol–water partition coefficient (Wildman–Crippen LogP) is 4.55. The van der Waals surface area contributed by atoms with Gasteiger partial charge in [-0.05, 0) is 40.0 Å². The molecule has 2 heteroatoms. The van der Waals surface area contributed by atoms with E-state index in [9.17, 15) is 0 Å². The molecule has 0 atom stereocenters. The lowest BCUT2D eigenvalue weighted by Crippen LogP contribution is -2.19. The molecule has 0 unspecified atom stereocenters. The van der Waals surface area contributed by atoms with Crippen molar-refractivity contribution in [2.24, 2.45) is 0 Å². The van der Waals surface area contributed by atoms with E-state index in [2.05, 4.69) is 27.4 Å². The Hall–Kier alpha value is -0.0100. The van der Waals surface area contributed by atoms with E-state index in [-0.39, 0.29) is 5.60 Å². The maximum atomic E-state index is 5.65. The summed E-state index contributed by atoms with van der Waals surface area (Å²) in [5.74, 6) is 0.604. The first-order valence-electron chi connectivity index (χ1n) is 5.82. The van der Waals surface area contributed by atoms with Crippen molar-refractivity contribution in [3.8, 4) is 0 Å². The monoisotopic (exact) mass is 232 g/mol. The predicted molar refractivity (Wildman–Crippen MR) is 68.7 cm³/mol. The van der Waals surface area contributed by atoms with Crippen LogP contribution in [0.3, 0.4) is 0 Å². The first-order chi connectivity index (χ1) is 6.95. The van der Waals surface area contributed by atoms with E-state index in [1.54, 1.807) is 0 Å². The number of halogens is 1. The Morgan fingerprint density at radius 3 is 2.27 bits per heavy atom. The number of hydrogen-bond acceptors (Lipinski definition) is 1. The summed E-state index contributed by atoms with van der Waals surface area (Å²) in [6, 6.07) is 0. The summed E-state index contributed by atoms with van der Waals surface area (Å²) in [7, 11) is 0. The van der Waals surface area contributed by atoms with Crippen molar-refractivity contribution in [3.05, 3.63) is 12.2 Å². The lowest BCUT2D eigenvalue weighted by Gasteiger charge is -2.19. The first kappa shape index (κ1) is 15.0. The van der Waals surface area contributed by atoms with Gasteiger partial charge in [0.2, 0.25) is 0 Å². The molecule has 0 aromatic heterocycles. The van der Waals surface area contributed by atoms with Gasteiger partial charge >= 0.3 is 0 Å². The number of hydrogen-bond donors (Lipinski definition) is 0. The zero-order chi connectivity index (χ0) is 11.7. The molecule has 0 amide bonds. The topological polar surface area (TPSA) is 9.23 Å². The Kier molecular flexibility index (Phi) is 8.17. The van der Waals surface area contributed by atoms with Crippen LogP contribution in [-0.4, -0.2) is 18.1 Å². The Morgan fingerprint density at radius 2 is 1.73 bits per heavy atom. The fraction of sp³-hybridized carbons (Fsp3) is 0.846. The smallest absolute Gasteiger partial charge is 0.0598 e. The Morgan fingerprint density at radius 1 is 1.13 bits per heavy atom. The van der Waals surface area contributed by atoms with Gasteiger partial charge in [-0.1, -0.05) is 25.0 Å². The number of rotatable bonds is 8. The van der Waals surface area contributed by atoms with Gasteiger partial charge in [-0.2, -0.15) is 0 Å². The molecule has 0 rings (SSSR count). The van der Waals surface area contributed by atoms with Crippen LogP contribution < -0.4 is 0 Å². The van der Waals surface area contributed by atoms with Gasteiger partial charge in [0.15, 0.2) is 0 Å². The van der Waals surface area contributed by atoms with Crippen LogP contribution in [0.2, 0.25) is 0 Å². The van der Waals surface area contributed by atoms with Crippen LogP contribution >= 0.6 is 11.6 Å². The van der Waals surface area contributed by atoms with Gasteiger partial charge in [0, 0.05) is 12.5 Å². The number of ether oxygens (including phenoxy) is 1. The third kappa shape index (κ3) is 11.9. The molecule has 0 aliphatic carbocycles. The zero-order valence-electron chi connectivity index (χ0n) is 10.4. The molecule has 0 fully saturated rings. The molecule has 0 saturated carbocycles. The van der Waals surface area contributed by atoms with Crippen LogP contribution in [0.25, 0.3) is 0 Å². The van der Waals surface area contributed by atoms with Crippen molar-refractivity contribution in [1.29, 1.82) is 0 Å². The van der Waals surface area contributed by atoms with E-state index in [0.29, 0.717) is 5.88 Å². The number of allylic oxidation sites excluding steroid dienone is 1. The van der Waals surface area contributed by atoms with E-state index in [1.165, 1.54) is 19.3 Å². The van der Waals surface area contributed by atoms with Crippen molar-refractivity contribution in [1.82, 2.24) is 0 Å². The third-order valence-electron chi connectivity index (χ3n) is 2.15. The Balaban J connectivity index is 3.16. The summed E-state index contributed by atoms with van der Waals surface area (Å²) in [6.45, 7) is 11.0. The van der Waals surface area contributed by atoms with Crippen LogP contribution in [0, 0.1) is 0 Å². The molecule has 0 saturated heterocycles. The Labute approximate surface area is 99.8 Å². The summed E-state index contributed by atoms with van der Waals surface area (Å²) >= 11 is 5.65. The lowest BCUT2D eigenvalue weighted by molar-refractivity contribution is -0.00473. The summed E-state index contributed by atoms with van der Waals surface area (Å²) < 4.78 is 5.64. The third-order valence-corrected chi connectivity index (χ3v) is 2.53. The maximum absolute atomic E-state index is 5.65. The molecule has 0 aromatic carbocycles. The molecule has 0 aliphatic heterocycles. The van der Waals surface area contributed by atoms with E-state index < -0.39 is 0 Å². The van der Waals surface area contributed by atoms with Gasteiger partial charge in [-0.15, -0.1) is 11.6 Å². The van der Waals surface area contributed by atoms with Crippen molar-refractivity contribution in [3.63, 3.8) is 0 Å². The Bertz CT molecular complexity index is 170. The molecule has 0 aromatic rings. The van der Waals surface area contributed by atoms with Gasteiger partial charge in [0.25, 0.3) is 0 Å². The average Bonchev–Trinajstić information content (AvgIpc) is 2.14. The van der Waals surface area contributed by atoms with Gasteiger partial charge in [0.1, 0.15) is 0 Å². The molecule has 0 heterocycles. The largest absolute Gasteiger partial charge is 0.376 e. The van der Waals surface area contributed by atoms with Gasteiger partial charge in [0.05, 0.1) is 5.60 Å². The summed E-state index contributed by atoms with van der Waals surface area (Å²) in [6.07, 6.45) is 5.93. The molecule has 0 aliphatic rings. The molecule has 0 radical (unpaired) electrons. The normalized spacial score (nSPS) is 11.7. The minimum Gasteiger partial charge on any atom is -0.376 e. The van der Waals surface area contributed by atoms with E-state index >= 15 is 0 Å². The second-order valence-corrected chi connectivity index (χ2v) is 5.28. The molecule has 0 bridgehead atoms. The van der Waals surface area contributed by atoms with Crippen molar-refractivity contribution < 1.29 is 4.74 Å². The highest BCUT2D eigenvalue weighted by Gasteiger charge is 2.08. The quantitative estimate of drug-likeness (QED) is 0.339. The molecular formula is C13H25ClO. The van der Waals surface area contributed by atoms with Crippen LogP contribution in [0.5, 0.6) is 0 Å². The molecule has 90 valence electrons.